The summed E-state index contributed by atoms with van der Waals surface area (Å²) in [6, 6.07) is 17.3. The van der Waals surface area contributed by atoms with Crippen LogP contribution in [-0.4, -0.2) is 40.2 Å². The number of para-hydroxylation sites is 1. The van der Waals surface area contributed by atoms with Crippen LogP contribution >= 0.6 is 27.5 Å². The topological polar surface area (TPSA) is 116 Å². The zero-order chi connectivity index (χ0) is 27.0. The first-order chi connectivity index (χ1) is 18.3. The van der Waals surface area contributed by atoms with Gasteiger partial charge in [-0.1, -0.05) is 29.8 Å². The van der Waals surface area contributed by atoms with E-state index in [1.807, 2.05) is 6.07 Å². The number of carboxylic acids is 1. The van der Waals surface area contributed by atoms with E-state index in [2.05, 4.69) is 26.0 Å². The number of benzene rings is 3. The van der Waals surface area contributed by atoms with Crippen molar-refractivity contribution in [2.45, 2.75) is 13.0 Å². The molecular formula is C27H19BrClN3O6. The van der Waals surface area contributed by atoms with Gasteiger partial charge in [0.1, 0.15) is 11.3 Å². The van der Waals surface area contributed by atoms with Crippen LogP contribution in [0.15, 0.2) is 79.4 Å². The molecule has 192 valence electrons. The van der Waals surface area contributed by atoms with Gasteiger partial charge >= 0.3 is 5.97 Å². The largest absolute Gasteiger partial charge is 0.496 e. The summed E-state index contributed by atoms with van der Waals surface area (Å²) in [6.45, 7) is 1.40. The van der Waals surface area contributed by atoms with E-state index in [1.54, 1.807) is 61.7 Å². The third-order valence-corrected chi connectivity index (χ3v) is 6.57. The standard InChI is InChI=1S/C27H19BrClN3O6/c1-14(27(34)35)37-24-18(28)10-15(11-19(24)29)13-30-32-25(31-20-7-4-3-6-16(20)26(32)33)23-12-17-21(36-2)8-5-9-22(17)38-23/h3-14H,1-2H3,(H,34,35)/t14-/m0/s1. The van der Waals surface area contributed by atoms with Crippen LogP contribution in [-0.2, 0) is 4.79 Å². The van der Waals surface area contributed by atoms with Crippen LogP contribution in [0.5, 0.6) is 11.5 Å². The number of furan rings is 1. The van der Waals surface area contributed by atoms with E-state index >= 15 is 0 Å². The fourth-order valence-corrected chi connectivity index (χ4v) is 4.79. The highest BCUT2D eigenvalue weighted by molar-refractivity contribution is 9.10. The molecule has 1 atom stereocenters. The lowest BCUT2D eigenvalue weighted by Gasteiger charge is -2.14. The number of halogens is 2. The highest BCUT2D eigenvalue weighted by Crippen LogP contribution is 2.35. The highest BCUT2D eigenvalue weighted by atomic mass is 79.9. The minimum Gasteiger partial charge on any atom is -0.496 e. The molecule has 0 saturated carbocycles. The zero-order valence-corrected chi connectivity index (χ0v) is 22.4. The van der Waals surface area contributed by atoms with Gasteiger partial charge in [0.15, 0.2) is 17.6 Å². The minimum atomic E-state index is -1.13. The van der Waals surface area contributed by atoms with E-state index < -0.39 is 17.6 Å². The van der Waals surface area contributed by atoms with Gasteiger partial charge in [-0.25, -0.2) is 9.78 Å². The first kappa shape index (κ1) is 25.5. The lowest BCUT2D eigenvalue weighted by Crippen LogP contribution is -2.23. The average Bonchev–Trinajstić information content (AvgIpc) is 3.34. The van der Waals surface area contributed by atoms with E-state index in [-0.39, 0.29) is 16.6 Å². The Morgan fingerprint density at radius 3 is 2.71 bits per heavy atom. The zero-order valence-electron chi connectivity index (χ0n) is 20.0. The van der Waals surface area contributed by atoms with Crippen LogP contribution in [0.4, 0.5) is 0 Å². The molecule has 11 heteroatoms. The smallest absolute Gasteiger partial charge is 0.344 e. The summed E-state index contributed by atoms with van der Waals surface area (Å²) < 4.78 is 18.5. The van der Waals surface area contributed by atoms with Crippen molar-refractivity contribution in [3.05, 3.63) is 86.1 Å². The number of nitrogens with zero attached hydrogens (tertiary/aromatic N) is 3. The summed E-state index contributed by atoms with van der Waals surface area (Å²) in [7, 11) is 1.57. The Labute approximate surface area is 229 Å². The Bertz CT molecular complexity index is 1770. The summed E-state index contributed by atoms with van der Waals surface area (Å²) in [5, 5.41) is 14.8. The maximum Gasteiger partial charge on any atom is 0.344 e. The van der Waals surface area contributed by atoms with E-state index in [1.165, 1.54) is 13.1 Å². The third-order valence-electron chi connectivity index (χ3n) is 5.70. The van der Waals surface area contributed by atoms with E-state index in [4.69, 9.17) is 30.6 Å². The monoisotopic (exact) mass is 595 g/mol. The number of aliphatic carboxylic acids is 1. The fourth-order valence-electron chi connectivity index (χ4n) is 3.83. The molecule has 5 aromatic rings. The Balaban J connectivity index is 1.63. The summed E-state index contributed by atoms with van der Waals surface area (Å²) >= 11 is 9.72. The molecule has 1 N–H and O–H groups in total. The molecule has 3 aromatic carbocycles. The van der Waals surface area contributed by atoms with Gasteiger partial charge in [0, 0.05) is 0 Å². The molecule has 0 spiro atoms. The predicted octanol–water partition coefficient (Wildman–Crippen LogP) is 5.97. The first-order valence-corrected chi connectivity index (χ1v) is 12.5. The number of rotatable bonds is 7. The van der Waals surface area contributed by atoms with Crippen molar-refractivity contribution in [1.82, 2.24) is 9.66 Å². The quantitative estimate of drug-likeness (QED) is 0.230. The molecule has 9 nitrogen and oxygen atoms in total. The average molecular weight is 597 g/mol. The lowest BCUT2D eigenvalue weighted by atomic mass is 10.2. The van der Waals surface area contributed by atoms with Crippen molar-refractivity contribution in [3.8, 4) is 23.1 Å². The fraction of sp³-hybridized carbons (Fsp3) is 0.111. The molecule has 2 heterocycles. The molecule has 0 fully saturated rings. The third kappa shape index (κ3) is 4.75. The number of hydrogen-bond donors (Lipinski definition) is 1. The van der Waals surface area contributed by atoms with Gasteiger partial charge in [0.05, 0.1) is 39.1 Å². The molecule has 0 aliphatic carbocycles. The number of aromatic nitrogens is 2. The first-order valence-electron chi connectivity index (χ1n) is 11.3. The summed E-state index contributed by atoms with van der Waals surface area (Å²) in [5.41, 5.74) is 1.19. The Kier molecular flexibility index (Phi) is 6.92. The van der Waals surface area contributed by atoms with Crippen molar-refractivity contribution in [3.63, 3.8) is 0 Å². The van der Waals surface area contributed by atoms with Gasteiger partial charge in [-0.15, -0.1) is 0 Å². The van der Waals surface area contributed by atoms with Crippen molar-refractivity contribution in [1.29, 1.82) is 0 Å². The normalized spacial score (nSPS) is 12.3. The van der Waals surface area contributed by atoms with E-state index in [0.717, 1.165) is 10.1 Å². The van der Waals surface area contributed by atoms with Crippen LogP contribution < -0.4 is 15.0 Å². The van der Waals surface area contributed by atoms with Crippen LogP contribution in [0.2, 0.25) is 5.02 Å². The predicted molar refractivity (Wildman–Crippen MR) is 148 cm³/mol. The second-order valence-corrected chi connectivity index (χ2v) is 9.47. The number of fused-ring (bicyclic) bond motifs is 2. The molecule has 38 heavy (non-hydrogen) atoms. The molecular weight excluding hydrogens is 578 g/mol. The summed E-state index contributed by atoms with van der Waals surface area (Å²) in [5.74, 6) is 0.200. The molecule has 0 bridgehead atoms. The van der Waals surface area contributed by atoms with E-state index in [0.29, 0.717) is 38.0 Å². The van der Waals surface area contributed by atoms with Gasteiger partial charge < -0.3 is 19.0 Å². The Morgan fingerprint density at radius 2 is 1.97 bits per heavy atom. The second-order valence-electron chi connectivity index (χ2n) is 8.21. The van der Waals surface area contributed by atoms with Gasteiger partial charge in [0.25, 0.3) is 5.56 Å². The highest BCUT2D eigenvalue weighted by Gasteiger charge is 2.19. The van der Waals surface area contributed by atoms with Crippen molar-refractivity contribution >= 4 is 61.6 Å². The second kappa shape index (κ2) is 10.3. The Hall–Kier alpha value is -4.15. The number of methoxy groups -OCH3 is 1. The molecule has 0 radical (unpaired) electrons. The number of carbonyl (C=O) groups is 1. The summed E-state index contributed by atoms with van der Waals surface area (Å²) in [4.78, 5) is 29.3. The number of hydrogen-bond acceptors (Lipinski definition) is 7. The molecule has 5 rings (SSSR count). The maximum absolute atomic E-state index is 13.5. The number of carboxylic acid groups (broad SMARTS) is 1. The van der Waals surface area contributed by atoms with Crippen LogP contribution in [0.1, 0.15) is 12.5 Å². The molecule has 0 unspecified atom stereocenters. The molecule has 2 aromatic heterocycles. The molecule has 0 aliphatic heterocycles. The summed E-state index contributed by atoms with van der Waals surface area (Å²) in [6.07, 6.45) is 0.335. The molecule has 0 aliphatic rings. The molecule has 0 amide bonds. The van der Waals surface area contributed by atoms with Crippen molar-refractivity contribution < 1.29 is 23.8 Å². The van der Waals surface area contributed by atoms with Crippen molar-refractivity contribution in [2.24, 2.45) is 5.10 Å². The minimum absolute atomic E-state index is 0.169. The van der Waals surface area contributed by atoms with Crippen LogP contribution in [0, 0.1) is 0 Å². The number of ether oxygens (including phenoxy) is 2. The lowest BCUT2D eigenvalue weighted by molar-refractivity contribution is -0.144. The van der Waals surface area contributed by atoms with Crippen LogP contribution in [0.3, 0.4) is 0 Å². The Morgan fingerprint density at radius 1 is 1.18 bits per heavy atom. The SMILES string of the molecule is COc1cccc2oc(-c3nc4ccccc4c(=O)n3N=Cc3cc(Cl)c(O[C@@H](C)C(=O)O)c(Br)c3)cc12. The van der Waals surface area contributed by atoms with Gasteiger partial charge in [-0.3, -0.25) is 4.79 Å². The van der Waals surface area contributed by atoms with E-state index in [9.17, 15) is 9.59 Å². The van der Waals surface area contributed by atoms with Crippen molar-refractivity contribution in [2.75, 3.05) is 7.11 Å². The van der Waals surface area contributed by atoms with Crippen LogP contribution in [0.25, 0.3) is 33.5 Å². The van der Waals surface area contributed by atoms with Gasteiger partial charge in [-0.05, 0) is 70.9 Å². The maximum atomic E-state index is 13.5. The van der Waals surface area contributed by atoms with Gasteiger partial charge in [0.2, 0.25) is 5.82 Å². The van der Waals surface area contributed by atoms with Gasteiger partial charge in [-0.2, -0.15) is 9.78 Å². The molecule has 0 saturated heterocycles.